The van der Waals surface area contributed by atoms with Crippen LogP contribution in [0.3, 0.4) is 0 Å². The zero-order valence-corrected chi connectivity index (χ0v) is 12.1. The van der Waals surface area contributed by atoms with Gasteiger partial charge in [0.05, 0.1) is 5.56 Å². The second-order valence-corrected chi connectivity index (χ2v) is 5.69. The van der Waals surface area contributed by atoms with Crippen LogP contribution in [-0.2, 0) is 6.18 Å². The number of piperidine rings is 1. The first-order chi connectivity index (χ1) is 9.89. The molecule has 1 aliphatic rings. The summed E-state index contributed by atoms with van der Waals surface area (Å²) in [4.78, 5) is 12.8. The molecule has 21 heavy (non-hydrogen) atoms. The van der Waals surface area contributed by atoms with Gasteiger partial charge in [-0.1, -0.05) is 25.5 Å². The van der Waals surface area contributed by atoms with Gasteiger partial charge in [0.15, 0.2) is 5.78 Å². The lowest BCUT2D eigenvalue weighted by Crippen LogP contribution is -2.42. The number of ketones is 1. The van der Waals surface area contributed by atoms with E-state index in [2.05, 4.69) is 5.32 Å². The standard InChI is InChI=1S/C16H20F3NO/c1-2-6-15(7-9-20-10-8-15)14(21)12-4-3-5-13(11-12)16(17,18)19/h3-5,11,20H,2,6-10H2,1H3. The maximum Gasteiger partial charge on any atom is 0.416 e. The van der Waals surface area contributed by atoms with E-state index in [0.29, 0.717) is 12.8 Å². The Labute approximate surface area is 122 Å². The second kappa shape index (κ2) is 6.18. The van der Waals surface area contributed by atoms with Crippen LogP contribution in [0.25, 0.3) is 0 Å². The number of carbonyl (C=O) groups excluding carboxylic acids is 1. The highest BCUT2D eigenvalue weighted by Crippen LogP contribution is 2.38. The Balaban J connectivity index is 2.33. The number of carbonyl (C=O) groups is 1. The molecule has 2 rings (SSSR count). The second-order valence-electron chi connectivity index (χ2n) is 5.69. The zero-order chi connectivity index (χ0) is 15.5. The van der Waals surface area contributed by atoms with Crippen molar-refractivity contribution in [1.29, 1.82) is 0 Å². The number of nitrogens with one attached hydrogen (secondary N) is 1. The quantitative estimate of drug-likeness (QED) is 0.850. The molecule has 1 aromatic rings. The Hall–Kier alpha value is -1.36. The average Bonchev–Trinajstić information content (AvgIpc) is 2.47. The fourth-order valence-electron chi connectivity index (χ4n) is 3.12. The summed E-state index contributed by atoms with van der Waals surface area (Å²) in [5, 5.41) is 3.21. The Kier molecular flexibility index (Phi) is 4.71. The number of hydrogen-bond acceptors (Lipinski definition) is 2. The zero-order valence-electron chi connectivity index (χ0n) is 12.1. The van der Waals surface area contributed by atoms with E-state index in [4.69, 9.17) is 0 Å². The number of alkyl halides is 3. The fraction of sp³-hybridized carbons (Fsp3) is 0.562. The van der Waals surface area contributed by atoms with Crippen molar-refractivity contribution in [3.8, 4) is 0 Å². The molecular formula is C16H20F3NO. The largest absolute Gasteiger partial charge is 0.416 e. The molecule has 0 atom stereocenters. The molecule has 1 saturated heterocycles. The van der Waals surface area contributed by atoms with Crippen LogP contribution in [-0.4, -0.2) is 18.9 Å². The third-order valence-electron chi connectivity index (χ3n) is 4.22. The van der Waals surface area contributed by atoms with E-state index in [1.165, 1.54) is 12.1 Å². The predicted molar refractivity (Wildman–Crippen MR) is 75.2 cm³/mol. The van der Waals surface area contributed by atoms with Gasteiger partial charge in [0.25, 0.3) is 0 Å². The van der Waals surface area contributed by atoms with Gasteiger partial charge in [-0.15, -0.1) is 0 Å². The first kappa shape index (κ1) is 16.0. The van der Waals surface area contributed by atoms with E-state index in [9.17, 15) is 18.0 Å². The molecule has 0 aliphatic carbocycles. The fourth-order valence-corrected chi connectivity index (χ4v) is 3.12. The molecule has 1 fully saturated rings. The van der Waals surface area contributed by atoms with E-state index in [1.807, 2.05) is 6.92 Å². The Morgan fingerprint density at radius 2 is 1.95 bits per heavy atom. The molecule has 1 heterocycles. The number of benzene rings is 1. The summed E-state index contributed by atoms with van der Waals surface area (Å²) < 4.78 is 38.4. The van der Waals surface area contributed by atoms with Gasteiger partial charge in [0.2, 0.25) is 0 Å². The summed E-state index contributed by atoms with van der Waals surface area (Å²) >= 11 is 0. The van der Waals surface area contributed by atoms with E-state index < -0.39 is 17.2 Å². The van der Waals surface area contributed by atoms with Crippen LogP contribution in [0.15, 0.2) is 24.3 Å². The topological polar surface area (TPSA) is 29.1 Å². The summed E-state index contributed by atoms with van der Waals surface area (Å²) in [5.74, 6) is -0.142. The number of Topliss-reactive ketones (excluding diaryl/α,β-unsaturated/α-hetero) is 1. The molecule has 1 aliphatic heterocycles. The van der Waals surface area contributed by atoms with Crippen molar-refractivity contribution in [2.75, 3.05) is 13.1 Å². The van der Waals surface area contributed by atoms with Crippen molar-refractivity contribution in [2.45, 2.75) is 38.8 Å². The van der Waals surface area contributed by atoms with Crippen LogP contribution in [0.1, 0.15) is 48.5 Å². The Bertz CT molecular complexity index is 499. The number of rotatable bonds is 4. The van der Waals surface area contributed by atoms with Crippen LogP contribution < -0.4 is 5.32 Å². The summed E-state index contributed by atoms with van der Waals surface area (Å²) in [6.45, 7) is 3.48. The van der Waals surface area contributed by atoms with Gasteiger partial charge in [-0.05, 0) is 44.5 Å². The molecular weight excluding hydrogens is 279 g/mol. The summed E-state index contributed by atoms with van der Waals surface area (Å²) in [5.41, 5.74) is -1.08. The highest BCUT2D eigenvalue weighted by atomic mass is 19.4. The SMILES string of the molecule is CCCC1(C(=O)c2cccc(C(F)(F)F)c2)CCNCC1. The molecule has 0 amide bonds. The lowest BCUT2D eigenvalue weighted by Gasteiger charge is -2.36. The minimum absolute atomic E-state index is 0.142. The molecule has 5 heteroatoms. The van der Waals surface area contributed by atoms with Crippen molar-refractivity contribution in [3.63, 3.8) is 0 Å². The van der Waals surface area contributed by atoms with E-state index in [0.717, 1.165) is 38.1 Å². The van der Waals surface area contributed by atoms with Crippen molar-refractivity contribution in [3.05, 3.63) is 35.4 Å². The lowest BCUT2D eigenvalue weighted by molar-refractivity contribution is -0.137. The molecule has 0 saturated carbocycles. The maximum absolute atomic E-state index is 12.8. The summed E-state index contributed by atoms with van der Waals surface area (Å²) in [7, 11) is 0. The third-order valence-corrected chi connectivity index (χ3v) is 4.22. The molecule has 2 nitrogen and oxygen atoms in total. The molecule has 1 aromatic carbocycles. The molecule has 0 unspecified atom stereocenters. The Morgan fingerprint density at radius 3 is 2.52 bits per heavy atom. The van der Waals surface area contributed by atoms with Crippen molar-refractivity contribution < 1.29 is 18.0 Å². The van der Waals surface area contributed by atoms with Crippen LogP contribution in [0.2, 0.25) is 0 Å². The smallest absolute Gasteiger partial charge is 0.317 e. The lowest BCUT2D eigenvalue weighted by atomic mass is 9.70. The maximum atomic E-state index is 12.8. The highest BCUT2D eigenvalue weighted by molar-refractivity contribution is 6.00. The van der Waals surface area contributed by atoms with Crippen molar-refractivity contribution in [1.82, 2.24) is 5.32 Å². The number of hydrogen-bond donors (Lipinski definition) is 1. The summed E-state index contributed by atoms with van der Waals surface area (Å²) in [6, 6.07) is 4.81. The minimum Gasteiger partial charge on any atom is -0.317 e. The average molecular weight is 299 g/mol. The molecule has 0 bridgehead atoms. The van der Waals surface area contributed by atoms with E-state index in [1.54, 1.807) is 0 Å². The molecule has 0 aromatic heterocycles. The van der Waals surface area contributed by atoms with Crippen LogP contribution in [0, 0.1) is 5.41 Å². The monoisotopic (exact) mass is 299 g/mol. The van der Waals surface area contributed by atoms with Crippen molar-refractivity contribution in [2.24, 2.45) is 5.41 Å². The molecule has 116 valence electrons. The van der Waals surface area contributed by atoms with Gasteiger partial charge in [-0.25, -0.2) is 0 Å². The van der Waals surface area contributed by atoms with Crippen LogP contribution >= 0.6 is 0 Å². The van der Waals surface area contributed by atoms with Gasteiger partial charge >= 0.3 is 6.18 Å². The van der Waals surface area contributed by atoms with Gasteiger partial charge in [-0.2, -0.15) is 13.2 Å². The number of halogens is 3. The summed E-state index contributed by atoms with van der Waals surface area (Å²) in [6.07, 6.45) is -1.46. The normalized spacial score (nSPS) is 18.5. The van der Waals surface area contributed by atoms with Crippen molar-refractivity contribution >= 4 is 5.78 Å². The highest BCUT2D eigenvalue weighted by Gasteiger charge is 2.39. The van der Waals surface area contributed by atoms with E-state index in [-0.39, 0.29) is 11.3 Å². The van der Waals surface area contributed by atoms with Gasteiger partial charge in [-0.3, -0.25) is 4.79 Å². The van der Waals surface area contributed by atoms with Gasteiger partial charge < -0.3 is 5.32 Å². The van der Waals surface area contributed by atoms with Gasteiger partial charge in [0, 0.05) is 11.0 Å². The third kappa shape index (κ3) is 3.46. The van der Waals surface area contributed by atoms with Gasteiger partial charge in [0.1, 0.15) is 0 Å². The van der Waals surface area contributed by atoms with Crippen LogP contribution in [0.4, 0.5) is 13.2 Å². The first-order valence-corrected chi connectivity index (χ1v) is 7.32. The predicted octanol–water partition coefficient (Wildman–Crippen LogP) is 4.06. The molecule has 1 N–H and O–H groups in total. The first-order valence-electron chi connectivity index (χ1n) is 7.32. The molecule has 0 radical (unpaired) electrons. The van der Waals surface area contributed by atoms with Crippen LogP contribution in [0.5, 0.6) is 0 Å². The molecule has 0 spiro atoms. The van der Waals surface area contributed by atoms with E-state index >= 15 is 0 Å². The minimum atomic E-state index is -4.41. The Morgan fingerprint density at radius 1 is 1.29 bits per heavy atom.